The third kappa shape index (κ3) is 2.84. The van der Waals surface area contributed by atoms with Gasteiger partial charge in [-0.1, -0.05) is 0 Å². The molecule has 20 heavy (non-hydrogen) atoms. The minimum Gasteiger partial charge on any atom is -0.329 e. The summed E-state index contributed by atoms with van der Waals surface area (Å²) in [4.78, 5) is 28.2. The Hall–Kier alpha value is -1.44. The van der Waals surface area contributed by atoms with Crippen LogP contribution in [0.3, 0.4) is 0 Å². The van der Waals surface area contributed by atoms with Crippen LogP contribution >= 0.6 is 0 Å². The summed E-state index contributed by atoms with van der Waals surface area (Å²) in [5, 5.41) is 0. The Bertz CT molecular complexity index is 591. The van der Waals surface area contributed by atoms with Gasteiger partial charge in [-0.15, -0.1) is 0 Å². The van der Waals surface area contributed by atoms with E-state index in [1.165, 1.54) is 17.7 Å². The van der Waals surface area contributed by atoms with Crippen LogP contribution in [0.1, 0.15) is 5.69 Å². The molecule has 0 aromatic carbocycles. The number of piperazine rings is 1. The minimum absolute atomic E-state index is 0.257. The second-order valence-corrected chi connectivity index (χ2v) is 5.50. The van der Waals surface area contributed by atoms with E-state index in [0.717, 1.165) is 29.9 Å². The monoisotopic (exact) mass is 281 g/mol. The van der Waals surface area contributed by atoms with Crippen LogP contribution < -0.4 is 17.0 Å². The van der Waals surface area contributed by atoms with Gasteiger partial charge < -0.3 is 10.6 Å². The average Bonchev–Trinajstić information content (AvgIpc) is 2.44. The third-order valence-corrected chi connectivity index (χ3v) is 4.07. The van der Waals surface area contributed by atoms with Crippen LogP contribution in [-0.2, 0) is 20.6 Å². The maximum atomic E-state index is 11.9. The second-order valence-electron chi connectivity index (χ2n) is 5.50. The lowest BCUT2D eigenvalue weighted by atomic mass is 10.1. The van der Waals surface area contributed by atoms with Gasteiger partial charge in [-0.25, -0.2) is 4.79 Å². The summed E-state index contributed by atoms with van der Waals surface area (Å²) >= 11 is 0. The van der Waals surface area contributed by atoms with E-state index in [1.54, 1.807) is 7.05 Å². The number of aromatic nitrogens is 2. The van der Waals surface area contributed by atoms with Crippen LogP contribution in [0.25, 0.3) is 0 Å². The van der Waals surface area contributed by atoms with E-state index >= 15 is 0 Å². The lowest BCUT2D eigenvalue weighted by molar-refractivity contribution is 0.0858. The quantitative estimate of drug-likeness (QED) is 0.704. The first-order valence-corrected chi connectivity index (χ1v) is 6.82. The summed E-state index contributed by atoms with van der Waals surface area (Å²) in [6, 6.07) is 1.79. The maximum absolute atomic E-state index is 11.9. The highest BCUT2D eigenvalue weighted by Crippen LogP contribution is 2.11. The highest BCUT2D eigenvalue weighted by molar-refractivity contribution is 5.03. The predicted octanol–water partition coefficient (Wildman–Crippen LogP) is -1.84. The molecular formula is C13H23N5O2. The van der Waals surface area contributed by atoms with E-state index in [1.807, 2.05) is 0 Å². The smallest absolute Gasteiger partial charge is 0.329 e. The topological polar surface area (TPSA) is 76.5 Å². The Morgan fingerprint density at radius 2 is 1.90 bits per heavy atom. The van der Waals surface area contributed by atoms with Crippen LogP contribution in [0.4, 0.5) is 0 Å². The van der Waals surface area contributed by atoms with Crippen molar-refractivity contribution < 1.29 is 0 Å². The van der Waals surface area contributed by atoms with E-state index in [2.05, 4.69) is 16.8 Å². The number of hydrogen-bond donors (Lipinski definition) is 1. The van der Waals surface area contributed by atoms with Crippen LogP contribution in [0.2, 0.25) is 0 Å². The minimum atomic E-state index is -0.286. The van der Waals surface area contributed by atoms with Gasteiger partial charge in [0.2, 0.25) is 0 Å². The number of nitrogens with zero attached hydrogens (tertiary/aromatic N) is 4. The number of rotatable bonds is 3. The molecule has 1 aromatic heterocycles. The van der Waals surface area contributed by atoms with Crippen molar-refractivity contribution in [3.63, 3.8) is 0 Å². The second kappa shape index (κ2) is 5.90. The standard InChI is InChI=1S/C13H23N5O2/c1-15-4-5-18(11(7-14)8-15)9-10-6-12(19)17(3)13(20)16(10)2/h6,11H,4-5,7-9,14H2,1-3H3. The van der Waals surface area contributed by atoms with Gasteiger partial charge in [0.25, 0.3) is 5.56 Å². The Labute approximate surface area is 118 Å². The summed E-state index contributed by atoms with van der Waals surface area (Å²) in [5.41, 5.74) is 6.02. The first-order chi connectivity index (χ1) is 9.43. The summed E-state index contributed by atoms with van der Waals surface area (Å²) in [5.74, 6) is 0. The van der Waals surface area contributed by atoms with Crippen LogP contribution in [0.15, 0.2) is 15.7 Å². The molecule has 7 heteroatoms. The molecule has 1 aliphatic heterocycles. The molecule has 7 nitrogen and oxygen atoms in total. The fraction of sp³-hybridized carbons (Fsp3) is 0.692. The molecule has 0 saturated carbocycles. The molecule has 1 saturated heterocycles. The molecule has 2 rings (SSSR count). The van der Waals surface area contributed by atoms with Gasteiger partial charge in [0.1, 0.15) is 0 Å². The molecule has 1 unspecified atom stereocenters. The summed E-state index contributed by atoms with van der Waals surface area (Å²) in [6.07, 6.45) is 0. The molecule has 112 valence electrons. The van der Waals surface area contributed by atoms with Crippen molar-refractivity contribution >= 4 is 0 Å². The molecule has 1 aliphatic rings. The normalized spacial score (nSPS) is 21.3. The van der Waals surface area contributed by atoms with E-state index in [-0.39, 0.29) is 17.3 Å². The molecule has 1 fully saturated rings. The lowest BCUT2D eigenvalue weighted by Gasteiger charge is -2.39. The molecule has 1 aromatic rings. The third-order valence-electron chi connectivity index (χ3n) is 4.07. The van der Waals surface area contributed by atoms with Gasteiger partial charge in [0.15, 0.2) is 0 Å². The first kappa shape index (κ1) is 15.0. The fourth-order valence-electron chi connectivity index (χ4n) is 2.62. The van der Waals surface area contributed by atoms with Crippen molar-refractivity contribution in [1.82, 2.24) is 18.9 Å². The zero-order chi connectivity index (χ0) is 14.9. The zero-order valence-corrected chi connectivity index (χ0v) is 12.4. The molecular weight excluding hydrogens is 258 g/mol. The molecule has 0 spiro atoms. The van der Waals surface area contributed by atoms with Crippen LogP contribution in [0, 0.1) is 0 Å². The van der Waals surface area contributed by atoms with E-state index < -0.39 is 0 Å². The Kier molecular flexibility index (Phi) is 4.42. The number of likely N-dealkylation sites (N-methyl/N-ethyl adjacent to an activating group) is 1. The average molecular weight is 281 g/mol. The van der Waals surface area contributed by atoms with E-state index in [4.69, 9.17) is 5.73 Å². The molecule has 2 heterocycles. The summed E-state index contributed by atoms with van der Waals surface area (Å²) in [7, 11) is 5.27. The van der Waals surface area contributed by atoms with E-state index in [9.17, 15) is 9.59 Å². The van der Waals surface area contributed by atoms with Gasteiger partial charge in [-0.3, -0.25) is 18.8 Å². The lowest BCUT2D eigenvalue weighted by Crippen LogP contribution is -2.54. The predicted molar refractivity (Wildman–Crippen MR) is 77.7 cm³/mol. The SMILES string of the molecule is CN1CCN(Cc2cc(=O)n(C)c(=O)n2C)C(CN)C1. The van der Waals surface area contributed by atoms with Gasteiger partial charge in [-0.05, 0) is 7.05 Å². The molecule has 1 atom stereocenters. The van der Waals surface area contributed by atoms with Crippen molar-refractivity contribution in [2.45, 2.75) is 12.6 Å². The molecule has 0 radical (unpaired) electrons. The number of nitrogens with two attached hydrogens (primary N) is 1. The number of hydrogen-bond acceptors (Lipinski definition) is 5. The summed E-state index contributed by atoms with van der Waals surface area (Å²) < 4.78 is 2.65. The Morgan fingerprint density at radius 3 is 2.55 bits per heavy atom. The van der Waals surface area contributed by atoms with Crippen LogP contribution in [-0.4, -0.2) is 58.2 Å². The summed E-state index contributed by atoms with van der Waals surface area (Å²) in [6.45, 7) is 3.92. The molecule has 0 aliphatic carbocycles. The Balaban J connectivity index is 2.26. The maximum Gasteiger partial charge on any atom is 0.330 e. The van der Waals surface area contributed by atoms with Crippen molar-refractivity contribution in [2.75, 3.05) is 33.2 Å². The van der Waals surface area contributed by atoms with Gasteiger partial charge >= 0.3 is 5.69 Å². The Morgan fingerprint density at radius 1 is 1.20 bits per heavy atom. The van der Waals surface area contributed by atoms with E-state index in [0.29, 0.717) is 13.1 Å². The van der Waals surface area contributed by atoms with Crippen LogP contribution in [0.5, 0.6) is 0 Å². The molecule has 0 amide bonds. The van der Waals surface area contributed by atoms with Crippen molar-refractivity contribution in [3.05, 3.63) is 32.6 Å². The fourth-order valence-corrected chi connectivity index (χ4v) is 2.62. The van der Waals surface area contributed by atoms with Crippen molar-refractivity contribution in [3.8, 4) is 0 Å². The molecule has 2 N–H and O–H groups in total. The van der Waals surface area contributed by atoms with Crippen molar-refractivity contribution in [2.24, 2.45) is 19.8 Å². The highest BCUT2D eigenvalue weighted by Gasteiger charge is 2.24. The van der Waals surface area contributed by atoms with Crippen molar-refractivity contribution in [1.29, 1.82) is 0 Å². The highest BCUT2D eigenvalue weighted by atomic mass is 16.2. The van der Waals surface area contributed by atoms with Gasteiger partial charge in [0, 0.05) is 64.6 Å². The largest absolute Gasteiger partial charge is 0.330 e. The molecule has 0 bridgehead atoms. The van der Waals surface area contributed by atoms with Gasteiger partial charge in [0.05, 0.1) is 0 Å². The van der Waals surface area contributed by atoms with Gasteiger partial charge in [-0.2, -0.15) is 0 Å². The zero-order valence-electron chi connectivity index (χ0n) is 12.4. The first-order valence-electron chi connectivity index (χ1n) is 6.82.